The molecule has 0 aromatic carbocycles. The first-order chi connectivity index (χ1) is 64.4. The molecule has 18 heterocycles. The predicted octanol–water partition coefficient (Wildman–Crippen LogP) is 35.1. The zero-order valence-corrected chi connectivity index (χ0v) is 109. The topological polar surface area (TPSA) is 45.6 Å². The Hall–Kier alpha value is 8.26. The molecule has 133 heavy (non-hydrogen) atoms. The standard InChI is InChI=1S/2C13H26P2.2C12H25NP2.2C12H25P3.2C12H24P2S.C10H18NOP/c2*1-14-10-4-8-12(14)6-3-7-13-9-5-11-15(13)2;4*1-14-7-3-5-11(14)9-13-10-12-6-4-8-15(12)2;2*1-13-7-3-5-11(13)9-15-10-12-6-4-8-14(12)2;1-8-7-12-10(11-8)6-9-4-3-5-13(9)2/h2*12-13H,3-11H2,1-2H3;4*11-13H,3-10H2,1-2H3;2*11-12H,3-10H2,1-2H3;8-9H,3-7H2,1-2H3/t2*12-,13-,14-,15-;4*11-,12-,14+,15+;2*11-,12-,13+,14+;8-,9+,13-/m001111110/s1. The molecule has 18 rings (SSSR count). The van der Waals surface area contributed by atoms with Crippen molar-refractivity contribution in [3.8, 4) is 0 Å². The van der Waals surface area contributed by atoms with Gasteiger partial charge in [0.2, 0.25) is 0 Å². The van der Waals surface area contributed by atoms with Crippen LogP contribution in [0.2, 0.25) is 0 Å². The van der Waals surface area contributed by atoms with Crippen LogP contribution in [-0.2, 0) is 4.74 Å². The molecule has 0 aromatic heterocycles. The molecule has 18 aliphatic heterocycles. The summed E-state index contributed by atoms with van der Waals surface area (Å²) in [6.07, 6.45) is 95.3. The molecule has 0 radical (unpaired) electrons. The third kappa shape index (κ3) is 46.8. The van der Waals surface area contributed by atoms with E-state index in [1.54, 1.807) is 240 Å². The number of rotatable bonds is 34. The fourth-order valence-electron chi connectivity index (χ4n) is 25.6. The fourth-order valence-corrected chi connectivity index (χ4v) is 75.1. The Balaban J connectivity index is 0.000000155. The molecule has 0 aromatic rings. The van der Waals surface area contributed by atoms with Crippen LogP contribution in [0.1, 0.15) is 270 Å². The highest BCUT2D eigenvalue weighted by atomic mass is 32.2. The first-order valence-corrected chi connectivity index (χ1v) is 96.4. The second-order valence-corrected chi connectivity index (χ2v) is 96.7. The van der Waals surface area contributed by atoms with E-state index < -0.39 is 0 Å². The molecule has 4 nitrogen and oxygen atoms in total. The van der Waals surface area contributed by atoms with E-state index in [-0.39, 0.29) is 7.92 Å². The number of ether oxygens (including phenoxy) is 1. The van der Waals surface area contributed by atoms with Crippen LogP contribution < -0.4 is 10.6 Å². The maximum absolute atomic E-state index is 5.54. The molecule has 0 aliphatic carbocycles. The molecular formula is C108H218N3OP19S2. The number of aliphatic imine (C=N–C) groups is 1. The van der Waals surface area contributed by atoms with Crippen molar-refractivity contribution >= 4 is 181 Å². The molecule has 35 atom stereocenters. The summed E-state index contributed by atoms with van der Waals surface area (Å²) < 4.78 is 5.54. The second kappa shape index (κ2) is 71.3. The minimum absolute atomic E-state index is 0.280. The largest absolute Gasteiger partial charge is 0.479 e. The second-order valence-electron chi connectivity index (χ2n) is 46.2. The molecule has 0 spiro atoms. The minimum Gasteiger partial charge on any atom is -0.479 e. The van der Waals surface area contributed by atoms with Gasteiger partial charge in [-0.2, -0.15) is 23.5 Å². The fraction of sp³-hybridized carbons (Fsp3) is 0.991. The summed E-state index contributed by atoms with van der Waals surface area (Å²) in [5.74, 6) is 6.99. The van der Waals surface area contributed by atoms with Gasteiger partial charge >= 0.3 is 0 Å². The van der Waals surface area contributed by atoms with Crippen molar-refractivity contribution in [3.63, 3.8) is 0 Å². The van der Waals surface area contributed by atoms with E-state index in [0.29, 0.717) is 133 Å². The first-order valence-electron chi connectivity index (χ1n) is 56.5. The zero-order valence-electron chi connectivity index (χ0n) is 90.4. The number of hydrogen-bond donors (Lipinski definition) is 2. The van der Waals surface area contributed by atoms with Crippen molar-refractivity contribution in [2.24, 2.45) is 4.99 Å². The van der Waals surface area contributed by atoms with Gasteiger partial charge in [-0.25, -0.2) is 4.99 Å². The quantitative estimate of drug-likeness (QED) is 0.0629. The van der Waals surface area contributed by atoms with Crippen LogP contribution in [0.5, 0.6) is 0 Å². The highest BCUT2D eigenvalue weighted by molar-refractivity contribution is 8.00. The van der Waals surface area contributed by atoms with Gasteiger partial charge in [0.25, 0.3) is 0 Å². The zero-order chi connectivity index (χ0) is 94.6. The third-order valence-corrected chi connectivity index (χ3v) is 90.5. The summed E-state index contributed by atoms with van der Waals surface area (Å²) in [7, 11) is 9.66. The van der Waals surface area contributed by atoms with Gasteiger partial charge in [-0.15, -0.1) is 152 Å². The van der Waals surface area contributed by atoms with E-state index in [1.807, 2.05) is 0 Å². The molecule has 778 valence electrons. The third-order valence-electron chi connectivity index (χ3n) is 36.1. The van der Waals surface area contributed by atoms with Gasteiger partial charge in [0.05, 0.1) is 6.04 Å². The number of thioether (sulfide) groups is 2. The highest BCUT2D eigenvalue weighted by Gasteiger charge is 2.36. The Labute approximate surface area is 864 Å². The lowest BCUT2D eigenvalue weighted by Gasteiger charge is -2.20. The molecule has 2 N–H and O–H groups in total. The Morgan fingerprint density at radius 3 is 0.586 bits per heavy atom. The summed E-state index contributed by atoms with van der Waals surface area (Å²) in [5.41, 5.74) is 18.9. The Morgan fingerprint density at radius 2 is 0.414 bits per heavy atom. The van der Waals surface area contributed by atoms with E-state index >= 15 is 0 Å². The van der Waals surface area contributed by atoms with Crippen LogP contribution in [0.25, 0.3) is 0 Å². The van der Waals surface area contributed by atoms with E-state index in [0.717, 1.165) is 92.5 Å². The monoisotopic (exact) mass is 2230 g/mol. The molecule has 0 amide bonds. The maximum atomic E-state index is 5.54. The van der Waals surface area contributed by atoms with Crippen molar-refractivity contribution in [1.29, 1.82) is 0 Å². The van der Waals surface area contributed by atoms with Crippen LogP contribution in [-0.4, -0.2) is 407 Å². The summed E-state index contributed by atoms with van der Waals surface area (Å²) in [5, 5.41) is 7.52. The van der Waals surface area contributed by atoms with Crippen LogP contribution in [0.3, 0.4) is 0 Å². The number of nitrogens with zero attached hydrogens (tertiary/aromatic N) is 1. The van der Waals surface area contributed by atoms with Crippen LogP contribution in [0.4, 0.5) is 0 Å². The van der Waals surface area contributed by atoms with Crippen LogP contribution >= 0.6 is 175 Å². The highest BCUT2D eigenvalue weighted by Crippen LogP contribution is 2.60. The molecule has 17 saturated heterocycles. The van der Waals surface area contributed by atoms with Gasteiger partial charge in [-0.1, -0.05) is 12.8 Å². The van der Waals surface area contributed by atoms with Crippen molar-refractivity contribution in [3.05, 3.63) is 0 Å². The lowest BCUT2D eigenvalue weighted by molar-refractivity contribution is 0.315. The number of hydrogen-bond acceptors (Lipinski definition) is 6. The Morgan fingerprint density at radius 1 is 0.241 bits per heavy atom. The molecule has 0 bridgehead atoms. The van der Waals surface area contributed by atoms with Crippen LogP contribution in [0, 0.1) is 0 Å². The van der Waals surface area contributed by atoms with Gasteiger partial charge < -0.3 is 15.4 Å². The van der Waals surface area contributed by atoms with E-state index in [1.165, 1.54) is 235 Å². The molecule has 17 fully saturated rings. The van der Waals surface area contributed by atoms with E-state index in [4.69, 9.17) is 4.74 Å². The summed E-state index contributed by atoms with van der Waals surface area (Å²) in [6.45, 7) is 51.0. The maximum Gasteiger partial charge on any atom is 0.184 e. The number of nitrogens with one attached hydrogen (secondary N) is 2. The Bertz CT molecular complexity index is 2350. The average molecular weight is 2230 g/mol. The van der Waals surface area contributed by atoms with E-state index in [9.17, 15) is 0 Å². The van der Waals surface area contributed by atoms with E-state index in [2.05, 4.69) is 159 Å². The normalized spacial score (nSPS) is 41.0. The molecular weight excluding hydrogens is 2010 g/mol. The van der Waals surface area contributed by atoms with Crippen molar-refractivity contribution < 1.29 is 4.74 Å². The van der Waals surface area contributed by atoms with Gasteiger partial charge in [-0.3, -0.25) is 0 Å². The summed E-state index contributed by atoms with van der Waals surface area (Å²) in [6, 6.07) is 0.402. The van der Waals surface area contributed by atoms with Gasteiger partial charge in [0, 0.05) is 55.6 Å². The summed E-state index contributed by atoms with van der Waals surface area (Å²) in [4.78, 5) is 4.49. The molecule has 0 saturated carbocycles. The predicted molar refractivity (Wildman–Crippen MR) is 674 cm³/mol. The van der Waals surface area contributed by atoms with Gasteiger partial charge in [0.15, 0.2) is 5.90 Å². The lowest BCUT2D eigenvalue weighted by atomic mass is 10.1. The van der Waals surface area contributed by atoms with Gasteiger partial charge in [-0.05, 0) is 590 Å². The van der Waals surface area contributed by atoms with Crippen LogP contribution in [0.15, 0.2) is 4.99 Å². The summed E-state index contributed by atoms with van der Waals surface area (Å²) >= 11 is 4.58. The van der Waals surface area contributed by atoms with Crippen molar-refractivity contribution in [2.45, 2.75) is 372 Å². The minimum atomic E-state index is 0.280. The molecule has 25 heteroatoms. The first kappa shape index (κ1) is 123. The van der Waals surface area contributed by atoms with Gasteiger partial charge in [0.1, 0.15) is 6.61 Å². The Kier molecular flexibility index (Phi) is 66.0. The van der Waals surface area contributed by atoms with Crippen molar-refractivity contribution in [1.82, 2.24) is 10.6 Å². The van der Waals surface area contributed by atoms with Crippen molar-refractivity contribution in [2.75, 3.05) is 298 Å². The lowest BCUT2D eigenvalue weighted by Crippen LogP contribution is -2.30. The average Bonchev–Trinajstić information content (AvgIpc) is 1.73. The molecule has 18 aliphatic rings. The molecule has 0 unspecified atom stereocenters. The smallest absolute Gasteiger partial charge is 0.184 e. The SMILES string of the molecule is C[C@H]1COC(C[C@H]2CCC[P@]2C)=N1.C[P@@]1CCC[C@@H]1CCC[C@H]1CCC[P@]1C.C[P@@]1CCC[C@@H]1CCC[C@H]1CCC[P@]1C.C[P@@]1CCC[C@@H]1CNC[C@H]1CCC[P@]1C.C[P@@]1CCC[C@@H]1CNC[C@H]1CCC[P@]1C.C[P@@]1CCC[C@@H]1CPC[C@H]1CCC[P@]1C.C[P@@]1CCC[C@@H]1CPC[C@H]1CCC[P@]1C.C[P@@]1CCC[C@@H]1CSC[C@H]1CCC[P@]1C.C[P@@]1CCC[C@@H]1CSC[C@H]1CCC[P@]1C.